The molecule has 3 rings (SSSR count). The van der Waals surface area contributed by atoms with Gasteiger partial charge in [0.2, 0.25) is 0 Å². The van der Waals surface area contributed by atoms with Crippen molar-refractivity contribution in [2.75, 3.05) is 13.7 Å². The number of ether oxygens (including phenoxy) is 1. The van der Waals surface area contributed by atoms with E-state index in [0.717, 1.165) is 28.3 Å². The number of thiophene rings is 1. The molecule has 0 bridgehead atoms. The van der Waals surface area contributed by atoms with E-state index in [1.807, 2.05) is 53.9 Å². The van der Waals surface area contributed by atoms with Gasteiger partial charge in [-0.05, 0) is 47.7 Å². The number of hydrogen-bond acceptors (Lipinski definition) is 4. The fourth-order valence-corrected chi connectivity index (χ4v) is 3.02. The second kappa shape index (κ2) is 7.75. The van der Waals surface area contributed by atoms with Gasteiger partial charge in [-0.2, -0.15) is 0 Å². The topological polar surface area (TPSA) is 51.2 Å². The largest absolute Gasteiger partial charge is 0.497 e. The van der Waals surface area contributed by atoms with Gasteiger partial charge in [-0.1, -0.05) is 24.3 Å². The summed E-state index contributed by atoms with van der Waals surface area (Å²) in [6, 6.07) is 17.3. The maximum absolute atomic E-state index is 12.3. The van der Waals surface area contributed by atoms with Gasteiger partial charge in [0, 0.05) is 6.54 Å². The van der Waals surface area contributed by atoms with E-state index in [1.54, 1.807) is 24.5 Å². The Kier molecular flexibility index (Phi) is 5.23. The van der Waals surface area contributed by atoms with Crippen LogP contribution in [0, 0.1) is 0 Å². The zero-order valence-electron chi connectivity index (χ0n) is 13.4. The number of benzene rings is 1. The summed E-state index contributed by atoms with van der Waals surface area (Å²) in [6.45, 7) is 0.566. The third kappa shape index (κ3) is 4.00. The van der Waals surface area contributed by atoms with Crippen LogP contribution in [0.3, 0.4) is 0 Å². The average Bonchev–Trinajstić information content (AvgIpc) is 3.17. The summed E-state index contributed by atoms with van der Waals surface area (Å²) in [5.74, 6) is 0.680. The number of nitrogens with one attached hydrogen (secondary N) is 1. The van der Waals surface area contributed by atoms with Gasteiger partial charge in [0.05, 0.1) is 17.7 Å². The minimum absolute atomic E-state index is 0.151. The number of nitrogens with zero attached hydrogens (tertiary/aromatic N) is 1. The van der Waals surface area contributed by atoms with E-state index in [1.165, 1.54) is 0 Å². The van der Waals surface area contributed by atoms with Crippen LogP contribution < -0.4 is 10.1 Å². The molecule has 0 atom stereocenters. The van der Waals surface area contributed by atoms with Crippen molar-refractivity contribution in [3.8, 4) is 16.3 Å². The van der Waals surface area contributed by atoms with Crippen molar-refractivity contribution >= 4 is 17.2 Å². The number of aromatic nitrogens is 1. The number of carbonyl (C=O) groups is 1. The molecular formula is C19H18N2O2S. The van der Waals surface area contributed by atoms with Crippen molar-refractivity contribution in [1.82, 2.24) is 10.3 Å². The summed E-state index contributed by atoms with van der Waals surface area (Å²) < 4.78 is 5.13. The van der Waals surface area contributed by atoms with Gasteiger partial charge in [-0.3, -0.25) is 4.79 Å². The summed E-state index contributed by atoms with van der Waals surface area (Å²) in [4.78, 5) is 17.8. The van der Waals surface area contributed by atoms with E-state index in [0.29, 0.717) is 12.2 Å². The van der Waals surface area contributed by atoms with Crippen LogP contribution in [-0.4, -0.2) is 24.5 Å². The fourth-order valence-electron chi connectivity index (χ4n) is 2.33. The molecule has 1 N–H and O–H groups in total. The van der Waals surface area contributed by atoms with Crippen LogP contribution >= 0.6 is 11.3 Å². The molecule has 0 saturated heterocycles. The Balaban J connectivity index is 1.58. The molecular weight excluding hydrogens is 320 g/mol. The highest BCUT2D eigenvalue weighted by molar-refractivity contribution is 7.13. The lowest BCUT2D eigenvalue weighted by Gasteiger charge is -2.07. The molecule has 1 amide bonds. The molecule has 0 aliphatic carbocycles. The monoisotopic (exact) mass is 338 g/mol. The second-order valence-electron chi connectivity index (χ2n) is 5.24. The number of methoxy groups -OCH3 is 1. The molecule has 0 aliphatic heterocycles. The SMILES string of the molecule is COc1ccc(CCNC(=O)c2cccc(-c3cccs3)n2)cc1. The van der Waals surface area contributed by atoms with Crippen molar-refractivity contribution in [2.24, 2.45) is 0 Å². The standard InChI is InChI=1S/C19H18N2O2S/c1-23-15-9-7-14(8-10-15)11-12-20-19(22)17-5-2-4-16(21-17)18-6-3-13-24-18/h2-10,13H,11-12H2,1H3,(H,20,22). The first kappa shape index (κ1) is 16.2. The number of pyridine rings is 1. The molecule has 0 saturated carbocycles. The Morgan fingerprint density at radius 2 is 1.96 bits per heavy atom. The number of carbonyl (C=O) groups excluding carboxylic acids is 1. The van der Waals surface area contributed by atoms with Crippen molar-refractivity contribution in [2.45, 2.75) is 6.42 Å². The Morgan fingerprint density at radius 3 is 2.67 bits per heavy atom. The van der Waals surface area contributed by atoms with Gasteiger partial charge in [0.1, 0.15) is 11.4 Å². The molecule has 122 valence electrons. The van der Waals surface area contributed by atoms with E-state index in [2.05, 4.69) is 10.3 Å². The fraction of sp³-hybridized carbons (Fsp3) is 0.158. The first-order valence-corrected chi connectivity index (χ1v) is 8.56. The third-order valence-corrected chi connectivity index (χ3v) is 4.51. The van der Waals surface area contributed by atoms with Gasteiger partial charge in [-0.15, -0.1) is 11.3 Å². The van der Waals surface area contributed by atoms with Crippen LogP contribution in [0.1, 0.15) is 16.1 Å². The first-order valence-electron chi connectivity index (χ1n) is 7.68. The molecule has 0 unspecified atom stereocenters. The molecule has 0 fully saturated rings. The van der Waals surface area contributed by atoms with E-state index in [4.69, 9.17) is 4.74 Å². The van der Waals surface area contributed by atoms with E-state index >= 15 is 0 Å². The van der Waals surface area contributed by atoms with Crippen LogP contribution in [-0.2, 0) is 6.42 Å². The van der Waals surface area contributed by atoms with Gasteiger partial charge in [-0.25, -0.2) is 4.98 Å². The van der Waals surface area contributed by atoms with Crippen molar-refractivity contribution < 1.29 is 9.53 Å². The van der Waals surface area contributed by atoms with Gasteiger partial charge < -0.3 is 10.1 Å². The molecule has 5 heteroatoms. The minimum atomic E-state index is -0.151. The molecule has 0 aliphatic rings. The maximum atomic E-state index is 12.3. The zero-order chi connectivity index (χ0) is 16.8. The molecule has 2 aromatic heterocycles. The number of amides is 1. The van der Waals surface area contributed by atoms with Crippen LogP contribution in [0.5, 0.6) is 5.75 Å². The number of rotatable bonds is 6. The van der Waals surface area contributed by atoms with Gasteiger partial charge in [0.15, 0.2) is 0 Å². The number of hydrogen-bond donors (Lipinski definition) is 1. The normalized spacial score (nSPS) is 10.4. The van der Waals surface area contributed by atoms with Crippen molar-refractivity contribution in [1.29, 1.82) is 0 Å². The van der Waals surface area contributed by atoms with Gasteiger partial charge in [0.25, 0.3) is 5.91 Å². The Labute approximate surface area is 145 Å². The highest BCUT2D eigenvalue weighted by atomic mass is 32.1. The van der Waals surface area contributed by atoms with E-state index < -0.39 is 0 Å². The molecule has 1 aromatic carbocycles. The molecule has 0 spiro atoms. The smallest absolute Gasteiger partial charge is 0.269 e. The molecule has 24 heavy (non-hydrogen) atoms. The molecule has 3 aromatic rings. The quantitative estimate of drug-likeness (QED) is 0.744. The van der Waals surface area contributed by atoms with Gasteiger partial charge >= 0.3 is 0 Å². The van der Waals surface area contributed by atoms with Crippen molar-refractivity contribution in [3.05, 3.63) is 71.2 Å². The maximum Gasteiger partial charge on any atom is 0.269 e. The van der Waals surface area contributed by atoms with Crippen LogP contribution in [0.25, 0.3) is 10.6 Å². The third-order valence-electron chi connectivity index (χ3n) is 3.61. The summed E-state index contributed by atoms with van der Waals surface area (Å²) in [5, 5.41) is 4.92. The average molecular weight is 338 g/mol. The predicted octanol–water partition coefficient (Wildman–Crippen LogP) is 3.79. The molecule has 4 nitrogen and oxygen atoms in total. The van der Waals surface area contributed by atoms with Crippen LogP contribution in [0.15, 0.2) is 60.0 Å². The summed E-state index contributed by atoms with van der Waals surface area (Å²) in [5.41, 5.74) is 2.42. The lowest BCUT2D eigenvalue weighted by atomic mass is 10.1. The lowest BCUT2D eigenvalue weighted by molar-refractivity contribution is 0.0949. The van der Waals surface area contributed by atoms with Crippen LogP contribution in [0.2, 0.25) is 0 Å². The predicted molar refractivity (Wildman–Crippen MR) is 96.6 cm³/mol. The zero-order valence-corrected chi connectivity index (χ0v) is 14.2. The molecule has 2 heterocycles. The summed E-state index contributed by atoms with van der Waals surface area (Å²) >= 11 is 1.61. The van der Waals surface area contributed by atoms with Crippen molar-refractivity contribution in [3.63, 3.8) is 0 Å². The molecule has 0 radical (unpaired) electrons. The van der Waals surface area contributed by atoms with Crippen LogP contribution in [0.4, 0.5) is 0 Å². The highest BCUT2D eigenvalue weighted by Gasteiger charge is 2.09. The summed E-state index contributed by atoms with van der Waals surface area (Å²) in [6.07, 6.45) is 0.764. The first-order chi connectivity index (χ1) is 11.8. The Hall–Kier alpha value is -2.66. The Morgan fingerprint density at radius 1 is 1.12 bits per heavy atom. The van der Waals surface area contributed by atoms with E-state index in [9.17, 15) is 4.79 Å². The van der Waals surface area contributed by atoms with E-state index in [-0.39, 0.29) is 5.91 Å². The summed E-state index contributed by atoms with van der Waals surface area (Å²) in [7, 11) is 1.65. The highest BCUT2D eigenvalue weighted by Crippen LogP contribution is 2.22. The Bertz CT molecular complexity index is 798. The lowest BCUT2D eigenvalue weighted by Crippen LogP contribution is -2.26. The minimum Gasteiger partial charge on any atom is -0.497 e. The second-order valence-corrected chi connectivity index (χ2v) is 6.19.